The van der Waals surface area contributed by atoms with E-state index < -0.39 is 0 Å². The van der Waals surface area contributed by atoms with Gasteiger partial charge in [0, 0.05) is 54.2 Å². The number of rotatable bonds is 5. The van der Waals surface area contributed by atoms with E-state index in [9.17, 15) is 9.59 Å². The molecule has 0 unspecified atom stereocenters. The van der Waals surface area contributed by atoms with E-state index in [2.05, 4.69) is 15.6 Å². The maximum atomic E-state index is 12.7. The average Bonchev–Trinajstić information content (AvgIpc) is 2.85. The van der Waals surface area contributed by atoms with Crippen molar-refractivity contribution < 1.29 is 9.59 Å². The van der Waals surface area contributed by atoms with Crippen LogP contribution in [0.4, 0.5) is 10.5 Å². The molecule has 1 fully saturated rings. The second-order valence-electron chi connectivity index (χ2n) is 7.89. The van der Waals surface area contributed by atoms with Crippen LogP contribution in [0.2, 0.25) is 5.02 Å². The molecule has 0 radical (unpaired) electrons. The Hall–Kier alpha value is -3.38. The number of anilines is 1. The number of hydrogen-bond acceptors (Lipinski definition) is 3. The maximum absolute atomic E-state index is 12.7. The third-order valence-corrected chi connectivity index (χ3v) is 5.85. The molecule has 6 nitrogen and oxygen atoms in total. The summed E-state index contributed by atoms with van der Waals surface area (Å²) >= 11 is 5.92. The summed E-state index contributed by atoms with van der Waals surface area (Å²) in [5, 5.41) is 6.50. The SMILES string of the molecule is O=C(NCc1cccnc1)c1cccc([C@@H]2CCCN(C(=O)Nc3ccc(Cl)cc3)C2)c1. The van der Waals surface area contributed by atoms with Gasteiger partial charge < -0.3 is 15.5 Å². The van der Waals surface area contributed by atoms with Crippen LogP contribution in [0.1, 0.15) is 40.2 Å². The number of carbonyl (C=O) groups excluding carboxylic acids is 2. The molecule has 3 aromatic rings. The average molecular weight is 449 g/mol. The Kier molecular flexibility index (Phi) is 7.02. The monoisotopic (exact) mass is 448 g/mol. The van der Waals surface area contributed by atoms with Crippen LogP contribution < -0.4 is 10.6 Å². The number of nitrogens with zero attached hydrogens (tertiary/aromatic N) is 2. The van der Waals surface area contributed by atoms with E-state index in [0.29, 0.717) is 35.9 Å². The van der Waals surface area contributed by atoms with Crippen LogP contribution >= 0.6 is 11.6 Å². The molecule has 1 atom stereocenters. The zero-order valence-corrected chi connectivity index (χ0v) is 18.4. The first-order chi connectivity index (χ1) is 15.6. The number of hydrogen-bond donors (Lipinski definition) is 2. The van der Waals surface area contributed by atoms with Gasteiger partial charge in [0.05, 0.1) is 0 Å². The number of urea groups is 1. The zero-order valence-electron chi connectivity index (χ0n) is 17.6. The van der Waals surface area contributed by atoms with Gasteiger partial charge in [0.1, 0.15) is 0 Å². The van der Waals surface area contributed by atoms with Gasteiger partial charge in [-0.05, 0) is 66.4 Å². The lowest BCUT2D eigenvalue weighted by atomic mass is 9.89. The lowest BCUT2D eigenvalue weighted by Crippen LogP contribution is -2.41. The van der Waals surface area contributed by atoms with Gasteiger partial charge in [-0.25, -0.2) is 4.79 Å². The number of carbonyl (C=O) groups is 2. The summed E-state index contributed by atoms with van der Waals surface area (Å²) in [7, 11) is 0. The van der Waals surface area contributed by atoms with Gasteiger partial charge in [-0.2, -0.15) is 0 Å². The smallest absolute Gasteiger partial charge is 0.321 e. The second kappa shape index (κ2) is 10.3. The van der Waals surface area contributed by atoms with E-state index in [0.717, 1.165) is 24.0 Å². The number of benzene rings is 2. The summed E-state index contributed by atoms with van der Waals surface area (Å²) in [5.74, 6) is 0.0645. The van der Waals surface area contributed by atoms with Gasteiger partial charge >= 0.3 is 6.03 Å². The standard InChI is InChI=1S/C25H25ClN4O2/c26-22-8-10-23(11-9-22)29-25(32)30-13-3-7-21(17-30)19-5-1-6-20(14-19)24(31)28-16-18-4-2-12-27-15-18/h1-2,4-6,8-12,14-15,21H,3,7,13,16-17H2,(H,28,31)(H,29,32)/t21-/m1/s1. The quantitative estimate of drug-likeness (QED) is 0.571. The molecule has 3 amide bonds. The van der Waals surface area contributed by atoms with Gasteiger partial charge in [-0.15, -0.1) is 0 Å². The molecule has 2 N–H and O–H groups in total. The fourth-order valence-electron chi connectivity index (χ4n) is 3.89. The summed E-state index contributed by atoms with van der Waals surface area (Å²) < 4.78 is 0. The number of amides is 3. The number of aromatic nitrogens is 1. The fraction of sp³-hybridized carbons (Fsp3) is 0.240. The molecule has 4 rings (SSSR count). The molecule has 164 valence electrons. The molecule has 1 aliphatic heterocycles. The molecule has 2 heterocycles. The van der Waals surface area contributed by atoms with Crippen molar-refractivity contribution in [1.82, 2.24) is 15.2 Å². The van der Waals surface area contributed by atoms with Crippen LogP contribution in [0.3, 0.4) is 0 Å². The predicted molar refractivity (Wildman–Crippen MR) is 126 cm³/mol. The first-order valence-corrected chi connectivity index (χ1v) is 11.0. The second-order valence-corrected chi connectivity index (χ2v) is 8.33. The van der Waals surface area contributed by atoms with Crippen LogP contribution in [0.25, 0.3) is 0 Å². The highest BCUT2D eigenvalue weighted by Crippen LogP contribution is 2.28. The van der Waals surface area contributed by atoms with Crippen molar-refractivity contribution in [2.75, 3.05) is 18.4 Å². The molecule has 7 heteroatoms. The summed E-state index contributed by atoms with van der Waals surface area (Å²) in [5.41, 5.74) is 3.36. The molecule has 0 saturated carbocycles. The van der Waals surface area contributed by atoms with Gasteiger partial charge in [0.2, 0.25) is 0 Å². The Balaban J connectivity index is 1.38. The maximum Gasteiger partial charge on any atom is 0.321 e. The summed E-state index contributed by atoms with van der Waals surface area (Å²) in [6, 6.07) is 18.4. The minimum atomic E-state index is -0.123. The minimum absolute atomic E-state index is 0.121. The Labute approximate surface area is 192 Å². The zero-order chi connectivity index (χ0) is 22.3. The molecular formula is C25H25ClN4O2. The van der Waals surface area contributed by atoms with Gasteiger partial charge in [-0.1, -0.05) is 29.8 Å². The van der Waals surface area contributed by atoms with E-state index in [4.69, 9.17) is 11.6 Å². The predicted octanol–water partition coefficient (Wildman–Crippen LogP) is 5.08. The molecule has 1 saturated heterocycles. The number of likely N-dealkylation sites (tertiary alicyclic amines) is 1. The molecule has 1 aliphatic rings. The van der Waals surface area contributed by atoms with Crippen molar-refractivity contribution >= 4 is 29.2 Å². The normalized spacial score (nSPS) is 15.8. The molecule has 2 aromatic carbocycles. The van der Waals surface area contributed by atoms with E-state index in [-0.39, 0.29) is 17.9 Å². The number of pyridine rings is 1. The number of piperidine rings is 1. The van der Waals surface area contributed by atoms with E-state index >= 15 is 0 Å². The van der Waals surface area contributed by atoms with E-state index in [1.807, 2.05) is 41.3 Å². The third kappa shape index (κ3) is 5.65. The van der Waals surface area contributed by atoms with Crippen LogP contribution in [-0.2, 0) is 6.54 Å². The molecule has 1 aromatic heterocycles. The van der Waals surface area contributed by atoms with Crippen LogP contribution in [0.5, 0.6) is 0 Å². The third-order valence-electron chi connectivity index (χ3n) is 5.60. The van der Waals surface area contributed by atoms with Crippen LogP contribution in [0, 0.1) is 0 Å². The highest BCUT2D eigenvalue weighted by atomic mass is 35.5. The van der Waals surface area contributed by atoms with Crippen LogP contribution in [0.15, 0.2) is 73.1 Å². The number of halogens is 1. The Morgan fingerprint density at radius 2 is 1.94 bits per heavy atom. The molecule has 0 bridgehead atoms. The molecule has 32 heavy (non-hydrogen) atoms. The summed E-state index contributed by atoms with van der Waals surface area (Å²) in [6.07, 6.45) is 5.34. The van der Waals surface area contributed by atoms with Crippen molar-refractivity contribution in [3.8, 4) is 0 Å². The first kappa shape index (κ1) is 21.8. The Morgan fingerprint density at radius 1 is 1.09 bits per heavy atom. The summed E-state index contributed by atoms with van der Waals surface area (Å²) in [6.45, 7) is 1.75. The van der Waals surface area contributed by atoms with Crippen molar-refractivity contribution in [2.45, 2.75) is 25.3 Å². The van der Waals surface area contributed by atoms with E-state index in [1.54, 1.807) is 36.7 Å². The summed E-state index contributed by atoms with van der Waals surface area (Å²) in [4.78, 5) is 31.3. The van der Waals surface area contributed by atoms with Crippen LogP contribution in [-0.4, -0.2) is 34.9 Å². The van der Waals surface area contributed by atoms with Gasteiger partial charge in [-0.3, -0.25) is 9.78 Å². The molecule has 0 aliphatic carbocycles. The molecule has 0 spiro atoms. The van der Waals surface area contributed by atoms with Crippen molar-refractivity contribution in [3.05, 3.63) is 94.8 Å². The minimum Gasteiger partial charge on any atom is -0.348 e. The Morgan fingerprint density at radius 3 is 2.72 bits per heavy atom. The highest BCUT2D eigenvalue weighted by molar-refractivity contribution is 6.30. The molecular weight excluding hydrogens is 424 g/mol. The lowest BCUT2D eigenvalue weighted by molar-refractivity contribution is 0.0950. The lowest BCUT2D eigenvalue weighted by Gasteiger charge is -2.33. The van der Waals surface area contributed by atoms with Crippen molar-refractivity contribution in [3.63, 3.8) is 0 Å². The first-order valence-electron chi connectivity index (χ1n) is 10.7. The van der Waals surface area contributed by atoms with Crippen molar-refractivity contribution in [2.24, 2.45) is 0 Å². The fourth-order valence-corrected chi connectivity index (χ4v) is 4.02. The van der Waals surface area contributed by atoms with Gasteiger partial charge in [0.25, 0.3) is 5.91 Å². The topological polar surface area (TPSA) is 74.3 Å². The van der Waals surface area contributed by atoms with Gasteiger partial charge in [0.15, 0.2) is 0 Å². The van der Waals surface area contributed by atoms with E-state index in [1.165, 1.54) is 0 Å². The van der Waals surface area contributed by atoms with Crippen molar-refractivity contribution in [1.29, 1.82) is 0 Å². The Bertz CT molecular complexity index is 1070. The largest absolute Gasteiger partial charge is 0.348 e. The highest BCUT2D eigenvalue weighted by Gasteiger charge is 2.25. The number of nitrogens with one attached hydrogen (secondary N) is 2.